The second-order valence-corrected chi connectivity index (χ2v) is 5.90. The van der Waals surface area contributed by atoms with Gasteiger partial charge in [-0.3, -0.25) is 4.79 Å². The van der Waals surface area contributed by atoms with Gasteiger partial charge in [-0.15, -0.1) is 11.3 Å². The molecule has 0 saturated heterocycles. The molecule has 2 rings (SSSR count). The highest BCUT2D eigenvalue weighted by atomic mass is 32.1. The average Bonchev–Trinajstić information content (AvgIpc) is 3.09. The lowest BCUT2D eigenvalue weighted by Crippen LogP contribution is -2.21. The summed E-state index contributed by atoms with van der Waals surface area (Å²) >= 11 is 1.27. The molecular formula is C13H18N2O3S. The van der Waals surface area contributed by atoms with Crippen LogP contribution in [0, 0.1) is 5.92 Å². The second kappa shape index (κ2) is 5.21. The molecule has 19 heavy (non-hydrogen) atoms. The van der Waals surface area contributed by atoms with Crippen molar-refractivity contribution in [3.63, 3.8) is 0 Å². The first-order valence-corrected chi connectivity index (χ1v) is 7.00. The summed E-state index contributed by atoms with van der Waals surface area (Å²) in [6, 6.07) is 0. The molecule has 0 bridgehead atoms. The summed E-state index contributed by atoms with van der Waals surface area (Å²) in [7, 11) is 3.23. The van der Waals surface area contributed by atoms with E-state index >= 15 is 0 Å². The molecule has 1 aliphatic carbocycles. The van der Waals surface area contributed by atoms with Crippen molar-refractivity contribution >= 4 is 33.8 Å². The van der Waals surface area contributed by atoms with Gasteiger partial charge in [-0.1, -0.05) is 0 Å². The van der Waals surface area contributed by atoms with E-state index in [9.17, 15) is 9.59 Å². The summed E-state index contributed by atoms with van der Waals surface area (Å²) in [6.07, 6.45) is 2.44. The third-order valence-corrected chi connectivity index (χ3v) is 4.63. The molecule has 5 nitrogen and oxygen atoms in total. The van der Waals surface area contributed by atoms with Gasteiger partial charge in [0, 0.05) is 20.5 Å². The topological polar surface area (TPSA) is 72.6 Å². The lowest BCUT2D eigenvalue weighted by Gasteiger charge is -2.18. The van der Waals surface area contributed by atoms with E-state index in [2.05, 4.69) is 0 Å². The number of anilines is 2. The smallest absolute Gasteiger partial charge is 0.343 e. The van der Waals surface area contributed by atoms with Crippen LogP contribution in [0.3, 0.4) is 0 Å². The van der Waals surface area contributed by atoms with Gasteiger partial charge in [0.1, 0.15) is 10.6 Å². The van der Waals surface area contributed by atoms with Gasteiger partial charge in [-0.2, -0.15) is 0 Å². The molecule has 0 atom stereocenters. The van der Waals surface area contributed by atoms with Crippen LogP contribution in [0.2, 0.25) is 0 Å². The average molecular weight is 282 g/mol. The lowest BCUT2D eigenvalue weighted by molar-refractivity contribution is 0.0603. The number of esters is 1. The first kappa shape index (κ1) is 13.9. The Morgan fingerprint density at radius 3 is 2.58 bits per heavy atom. The number of Topliss-reactive ketones (excluding diaryl/α,β-unsaturated/α-hetero) is 1. The molecule has 6 heteroatoms. The first-order valence-electron chi connectivity index (χ1n) is 6.18. The van der Waals surface area contributed by atoms with E-state index in [1.54, 1.807) is 0 Å². The number of rotatable bonds is 5. The molecule has 2 N–H and O–H groups in total. The van der Waals surface area contributed by atoms with Gasteiger partial charge in [-0.25, -0.2) is 4.79 Å². The minimum Gasteiger partial charge on any atom is -0.465 e. The summed E-state index contributed by atoms with van der Waals surface area (Å²) < 4.78 is 4.77. The Labute approximate surface area is 116 Å². The summed E-state index contributed by atoms with van der Waals surface area (Å²) in [4.78, 5) is 25.8. The number of nitrogen functional groups attached to an aromatic ring is 1. The Balaban J connectivity index is 2.41. The van der Waals surface area contributed by atoms with Crippen LogP contribution in [0.5, 0.6) is 0 Å². The Morgan fingerprint density at radius 1 is 1.47 bits per heavy atom. The number of carbonyl (C=O) groups excluding carboxylic acids is 2. The van der Waals surface area contributed by atoms with Gasteiger partial charge >= 0.3 is 5.97 Å². The zero-order valence-corrected chi connectivity index (χ0v) is 12.2. The van der Waals surface area contributed by atoms with E-state index in [1.165, 1.54) is 38.2 Å². The highest BCUT2D eigenvalue weighted by molar-refractivity contribution is 7.19. The minimum atomic E-state index is -0.487. The Bertz CT molecular complexity index is 520. The monoisotopic (exact) mass is 282 g/mol. The van der Waals surface area contributed by atoms with Crippen molar-refractivity contribution in [1.29, 1.82) is 0 Å². The molecule has 1 saturated carbocycles. The summed E-state index contributed by atoms with van der Waals surface area (Å²) in [5, 5.41) is 0.724. The number of carbonyl (C=O) groups is 2. The van der Waals surface area contributed by atoms with E-state index in [4.69, 9.17) is 10.5 Å². The third kappa shape index (κ3) is 2.73. The van der Waals surface area contributed by atoms with Crippen LogP contribution >= 0.6 is 11.3 Å². The molecule has 0 amide bonds. The van der Waals surface area contributed by atoms with E-state index in [0.717, 1.165) is 11.5 Å². The summed E-state index contributed by atoms with van der Waals surface area (Å²) in [5.41, 5.74) is 6.49. The number of methoxy groups -OCH3 is 1. The quantitative estimate of drug-likeness (QED) is 0.662. The molecule has 104 valence electrons. The fourth-order valence-electron chi connectivity index (χ4n) is 2.03. The maximum atomic E-state index is 11.9. The van der Waals surface area contributed by atoms with Crippen molar-refractivity contribution in [2.45, 2.75) is 19.8 Å². The number of hydrogen-bond donors (Lipinski definition) is 1. The zero-order chi connectivity index (χ0) is 14.2. The van der Waals surface area contributed by atoms with Crippen molar-refractivity contribution in [3.8, 4) is 0 Å². The SMILES string of the molecule is COC(=O)c1c(N(C)CC2CC2)sc(C(C)=O)c1N. The molecule has 1 aromatic rings. The molecule has 0 aromatic carbocycles. The van der Waals surface area contributed by atoms with Gasteiger partial charge in [0.2, 0.25) is 0 Å². The van der Waals surface area contributed by atoms with E-state index in [1.807, 2.05) is 11.9 Å². The Kier molecular flexibility index (Phi) is 3.80. The molecule has 0 spiro atoms. The van der Waals surface area contributed by atoms with Gasteiger partial charge in [0.25, 0.3) is 0 Å². The summed E-state index contributed by atoms with van der Waals surface area (Å²) in [5.74, 6) is 0.0669. The number of thiophene rings is 1. The van der Waals surface area contributed by atoms with E-state index in [0.29, 0.717) is 16.4 Å². The summed E-state index contributed by atoms with van der Waals surface area (Å²) in [6.45, 7) is 2.33. The fraction of sp³-hybridized carbons (Fsp3) is 0.538. The van der Waals surface area contributed by atoms with Gasteiger partial charge in [0.15, 0.2) is 5.78 Å². The number of nitrogens with zero attached hydrogens (tertiary/aromatic N) is 1. The molecule has 1 aromatic heterocycles. The normalized spacial score (nSPS) is 14.3. The number of nitrogens with two attached hydrogens (primary N) is 1. The van der Waals surface area contributed by atoms with Crippen molar-refractivity contribution in [1.82, 2.24) is 0 Å². The maximum Gasteiger partial charge on any atom is 0.343 e. The predicted molar refractivity (Wildman–Crippen MR) is 76.1 cm³/mol. The molecule has 1 heterocycles. The van der Waals surface area contributed by atoms with Crippen molar-refractivity contribution in [2.75, 3.05) is 31.3 Å². The van der Waals surface area contributed by atoms with Crippen LogP contribution in [0.15, 0.2) is 0 Å². The second-order valence-electron chi connectivity index (χ2n) is 4.90. The van der Waals surface area contributed by atoms with Crippen LogP contribution < -0.4 is 10.6 Å². The van der Waals surface area contributed by atoms with Crippen molar-refractivity contribution < 1.29 is 14.3 Å². The van der Waals surface area contributed by atoms with Crippen molar-refractivity contribution in [3.05, 3.63) is 10.4 Å². The number of hydrogen-bond acceptors (Lipinski definition) is 6. The molecule has 0 unspecified atom stereocenters. The highest BCUT2D eigenvalue weighted by Gasteiger charge is 2.29. The van der Waals surface area contributed by atoms with Gasteiger partial charge in [-0.05, 0) is 18.8 Å². The highest BCUT2D eigenvalue weighted by Crippen LogP contribution is 2.40. The Hall–Kier alpha value is -1.56. The standard InChI is InChI=1S/C13H18N2O3S/c1-7(16)11-10(14)9(13(17)18-3)12(19-11)15(2)6-8-4-5-8/h8H,4-6,14H2,1-3H3. The van der Waals surface area contributed by atoms with E-state index < -0.39 is 5.97 Å². The molecule has 1 fully saturated rings. The third-order valence-electron chi connectivity index (χ3n) is 3.21. The minimum absolute atomic E-state index is 0.126. The Morgan fingerprint density at radius 2 is 2.11 bits per heavy atom. The molecular weight excluding hydrogens is 264 g/mol. The largest absolute Gasteiger partial charge is 0.465 e. The van der Waals surface area contributed by atoms with Crippen molar-refractivity contribution in [2.24, 2.45) is 5.92 Å². The van der Waals surface area contributed by atoms with Gasteiger partial charge in [0.05, 0.1) is 17.7 Å². The van der Waals surface area contributed by atoms with Gasteiger partial charge < -0.3 is 15.4 Å². The maximum absolute atomic E-state index is 11.9. The number of ether oxygens (including phenoxy) is 1. The van der Waals surface area contributed by atoms with Crippen LogP contribution in [-0.4, -0.2) is 32.5 Å². The first-order chi connectivity index (χ1) is 8.95. The predicted octanol–water partition coefficient (Wildman–Crippen LogP) is 2.17. The van der Waals surface area contributed by atoms with Crippen LogP contribution in [-0.2, 0) is 4.74 Å². The molecule has 0 aliphatic heterocycles. The van der Waals surface area contributed by atoms with E-state index in [-0.39, 0.29) is 11.5 Å². The zero-order valence-electron chi connectivity index (χ0n) is 11.4. The van der Waals surface area contributed by atoms with Crippen LogP contribution in [0.1, 0.15) is 39.8 Å². The molecule has 0 radical (unpaired) electrons. The van der Waals surface area contributed by atoms with Crippen LogP contribution in [0.25, 0.3) is 0 Å². The van der Waals surface area contributed by atoms with Crippen LogP contribution in [0.4, 0.5) is 10.7 Å². The lowest BCUT2D eigenvalue weighted by atomic mass is 10.2. The fourth-order valence-corrected chi connectivity index (χ4v) is 3.11. The molecule has 1 aliphatic rings. The number of ketones is 1.